The van der Waals surface area contributed by atoms with Crippen molar-refractivity contribution in [1.82, 2.24) is 9.88 Å². The number of amides is 1. The second kappa shape index (κ2) is 8.19. The largest absolute Gasteiger partial charge is 0.488 e. The molecule has 1 amide bonds. The van der Waals surface area contributed by atoms with Gasteiger partial charge in [-0.3, -0.25) is 9.59 Å². The minimum Gasteiger partial charge on any atom is -0.488 e. The summed E-state index contributed by atoms with van der Waals surface area (Å²) in [5.41, 5.74) is -2.71. The van der Waals surface area contributed by atoms with Crippen LogP contribution in [0.3, 0.4) is 0 Å². The summed E-state index contributed by atoms with van der Waals surface area (Å²) in [6.07, 6.45) is -3.76. The first-order valence-electron chi connectivity index (χ1n) is 7.72. The Bertz CT molecular complexity index is 880. The number of benzene rings is 1. The Hall–Kier alpha value is -2.91. The third-order valence-corrected chi connectivity index (χ3v) is 3.43. The number of ether oxygens (including phenoxy) is 1. The summed E-state index contributed by atoms with van der Waals surface area (Å²) >= 11 is 0. The number of carbonyl (C=O) groups is 1. The van der Waals surface area contributed by atoms with Gasteiger partial charge < -0.3 is 14.6 Å². The third-order valence-electron chi connectivity index (χ3n) is 3.43. The monoisotopic (exact) mass is 390 g/mol. The highest BCUT2D eigenvalue weighted by Gasteiger charge is 2.34. The Balaban J connectivity index is 1.95. The summed E-state index contributed by atoms with van der Waals surface area (Å²) in [4.78, 5) is 23.7. The second-order valence-corrected chi connectivity index (χ2v) is 5.71. The van der Waals surface area contributed by atoms with Gasteiger partial charge in [0, 0.05) is 12.3 Å². The van der Waals surface area contributed by atoms with Crippen LogP contribution in [-0.2, 0) is 17.5 Å². The van der Waals surface area contributed by atoms with Crippen molar-refractivity contribution in [2.45, 2.75) is 25.7 Å². The predicted octanol–water partition coefficient (Wildman–Crippen LogP) is 2.73. The van der Waals surface area contributed by atoms with E-state index in [0.29, 0.717) is 16.7 Å². The maximum atomic E-state index is 13.4. The lowest BCUT2D eigenvalue weighted by Gasteiger charge is -2.16. The van der Waals surface area contributed by atoms with Gasteiger partial charge in [0.1, 0.15) is 24.5 Å². The second-order valence-electron chi connectivity index (χ2n) is 5.71. The lowest BCUT2D eigenvalue weighted by Crippen LogP contribution is -2.41. The van der Waals surface area contributed by atoms with E-state index in [0.717, 1.165) is 24.4 Å². The lowest BCUT2D eigenvalue weighted by molar-refractivity contribution is -0.139. The predicted molar refractivity (Wildman–Crippen MR) is 85.2 cm³/mol. The van der Waals surface area contributed by atoms with Gasteiger partial charge in [-0.1, -0.05) is 0 Å². The zero-order valence-corrected chi connectivity index (χ0v) is 14.0. The van der Waals surface area contributed by atoms with Gasteiger partial charge >= 0.3 is 6.18 Å². The van der Waals surface area contributed by atoms with E-state index >= 15 is 0 Å². The quantitative estimate of drug-likeness (QED) is 0.772. The van der Waals surface area contributed by atoms with Crippen molar-refractivity contribution >= 4 is 5.91 Å². The molecule has 0 aliphatic rings. The molecular formula is C17H15F5N2O3. The molecule has 0 saturated carbocycles. The van der Waals surface area contributed by atoms with Gasteiger partial charge in [-0.25, -0.2) is 8.78 Å². The number of nitrogens with zero attached hydrogens (tertiary/aromatic N) is 1. The summed E-state index contributed by atoms with van der Waals surface area (Å²) in [5, 5.41) is 2.41. The Morgan fingerprint density at radius 2 is 1.96 bits per heavy atom. The maximum absolute atomic E-state index is 13.4. The van der Waals surface area contributed by atoms with Crippen molar-refractivity contribution in [2.75, 3.05) is 6.61 Å². The standard InChI is InChI=1S/C17H15F5N2O3/c1-10(9-27-14-5-4-11(18)7-13(14)19)23-15(25)8-24-6-2-3-12(16(24)26)17(20,21)22/h2-7,10H,8-9H2,1H3,(H,23,25). The van der Waals surface area contributed by atoms with E-state index in [9.17, 15) is 31.5 Å². The average molecular weight is 390 g/mol. The molecule has 2 rings (SSSR count). The van der Waals surface area contributed by atoms with Crippen LogP contribution in [0.4, 0.5) is 22.0 Å². The summed E-state index contributed by atoms with van der Waals surface area (Å²) in [5.74, 6) is -2.63. The molecule has 0 saturated heterocycles. The zero-order valence-electron chi connectivity index (χ0n) is 14.0. The third kappa shape index (κ3) is 5.53. The maximum Gasteiger partial charge on any atom is 0.421 e. The van der Waals surface area contributed by atoms with E-state index < -0.39 is 47.4 Å². The van der Waals surface area contributed by atoms with E-state index in [1.54, 1.807) is 0 Å². The first-order chi connectivity index (χ1) is 12.6. The van der Waals surface area contributed by atoms with Gasteiger partial charge in [-0.2, -0.15) is 13.2 Å². The van der Waals surface area contributed by atoms with Gasteiger partial charge in [0.05, 0.1) is 6.04 Å². The van der Waals surface area contributed by atoms with Crippen molar-refractivity contribution < 1.29 is 31.5 Å². The van der Waals surface area contributed by atoms with Crippen molar-refractivity contribution in [3.8, 4) is 5.75 Å². The molecule has 0 aliphatic carbocycles. The molecule has 5 nitrogen and oxygen atoms in total. The number of rotatable bonds is 6. The van der Waals surface area contributed by atoms with Gasteiger partial charge in [-0.05, 0) is 31.2 Å². The van der Waals surface area contributed by atoms with Gasteiger partial charge in [0.25, 0.3) is 5.56 Å². The lowest BCUT2D eigenvalue weighted by atomic mass is 10.2. The zero-order chi connectivity index (χ0) is 20.2. The molecule has 1 aromatic carbocycles. The SMILES string of the molecule is CC(COc1ccc(F)cc1F)NC(=O)Cn1cccc(C(F)(F)F)c1=O. The van der Waals surface area contributed by atoms with Crippen molar-refractivity contribution in [3.05, 3.63) is 64.1 Å². The van der Waals surface area contributed by atoms with Crippen molar-refractivity contribution in [3.63, 3.8) is 0 Å². The van der Waals surface area contributed by atoms with E-state index in [4.69, 9.17) is 4.74 Å². The van der Waals surface area contributed by atoms with Crippen molar-refractivity contribution in [1.29, 1.82) is 0 Å². The first kappa shape index (κ1) is 20.4. The fourth-order valence-electron chi connectivity index (χ4n) is 2.20. The van der Waals surface area contributed by atoms with Crippen LogP contribution < -0.4 is 15.6 Å². The fourth-order valence-corrected chi connectivity index (χ4v) is 2.20. The number of carbonyl (C=O) groups excluding carboxylic acids is 1. The highest BCUT2D eigenvalue weighted by atomic mass is 19.4. The highest BCUT2D eigenvalue weighted by molar-refractivity contribution is 5.76. The van der Waals surface area contributed by atoms with Crippen LogP contribution in [-0.4, -0.2) is 23.1 Å². The summed E-state index contributed by atoms with van der Waals surface area (Å²) in [7, 11) is 0. The number of hydrogen-bond acceptors (Lipinski definition) is 3. The van der Waals surface area contributed by atoms with Crippen LogP contribution in [0.2, 0.25) is 0 Å². The summed E-state index contributed by atoms with van der Waals surface area (Å²) < 4.78 is 70.1. The molecule has 1 atom stereocenters. The Labute approximate surface area is 150 Å². The van der Waals surface area contributed by atoms with Crippen LogP contribution in [0.5, 0.6) is 5.75 Å². The number of nitrogens with one attached hydrogen (secondary N) is 1. The van der Waals surface area contributed by atoms with E-state index in [-0.39, 0.29) is 12.4 Å². The molecule has 0 fully saturated rings. The molecule has 0 aliphatic heterocycles. The molecule has 1 heterocycles. The molecule has 1 N–H and O–H groups in total. The molecule has 10 heteroatoms. The van der Waals surface area contributed by atoms with Gasteiger partial charge in [0.15, 0.2) is 11.6 Å². The summed E-state index contributed by atoms with van der Waals surface area (Å²) in [6.45, 7) is 0.706. The number of alkyl halides is 3. The van der Waals surface area contributed by atoms with Gasteiger partial charge in [-0.15, -0.1) is 0 Å². The molecule has 0 radical (unpaired) electrons. The smallest absolute Gasteiger partial charge is 0.421 e. The highest BCUT2D eigenvalue weighted by Crippen LogP contribution is 2.25. The number of halogens is 5. The number of pyridine rings is 1. The average Bonchev–Trinajstić information content (AvgIpc) is 2.54. The first-order valence-corrected chi connectivity index (χ1v) is 7.72. The molecule has 1 aromatic heterocycles. The minimum atomic E-state index is -4.82. The molecule has 0 bridgehead atoms. The molecule has 2 aromatic rings. The number of hydrogen-bond donors (Lipinski definition) is 1. The Morgan fingerprint density at radius 1 is 1.26 bits per heavy atom. The van der Waals surface area contributed by atoms with E-state index in [1.807, 2.05) is 0 Å². The normalized spacial score (nSPS) is 12.5. The van der Waals surface area contributed by atoms with Crippen molar-refractivity contribution in [2.24, 2.45) is 0 Å². The molecule has 27 heavy (non-hydrogen) atoms. The van der Waals surface area contributed by atoms with Crippen LogP contribution in [0, 0.1) is 11.6 Å². The molecule has 0 spiro atoms. The topological polar surface area (TPSA) is 60.3 Å². The minimum absolute atomic E-state index is 0.175. The van der Waals surface area contributed by atoms with Crippen LogP contribution in [0.1, 0.15) is 12.5 Å². The van der Waals surface area contributed by atoms with Crippen LogP contribution >= 0.6 is 0 Å². The number of aromatic nitrogens is 1. The van der Waals surface area contributed by atoms with E-state index in [2.05, 4.69) is 5.32 Å². The Kier molecular flexibility index (Phi) is 6.19. The fraction of sp³-hybridized carbons (Fsp3) is 0.294. The van der Waals surface area contributed by atoms with E-state index in [1.165, 1.54) is 6.92 Å². The Morgan fingerprint density at radius 3 is 2.59 bits per heavy atom. The molecule has 146 valence electrons. The van der Waals surface area contributed by atoms with Crippen LogP contribution in [0.25, 0.3) is 0 Å². The van der Waals surface area contributed by atoms with Gasteiger partial charge in [0.2, 0.25) is 5.91 Å². The molecular weight excluding hydrogens is 375 g/mol. The molecule has 1 unspecified atom stereocenters. The summed E-state index contributed by atoms with van der Waals surface area (Å²) in [6, 6.07) is 3.72. The van der Waals surface area contributed by atoms with Crippen LogP contribution in [0.15, 0.2) is 41.3 Å².